The summed E-state index contributed by atoms with van der Waals surface area (Å²) in [6, 6.07) is 6.64. The Morgan fingerprint density at radius 1 is 1.37 bits per heavy atom. The molecule has 0 aliphatic carbocycles. The van der Waals surface area contributed by atoms with E-state index in [4.69, 9.17) is 5.73 Å². The molecule has 1 aromatic rings. The monoisotopic (exact) mass is 280 g/mol. The van der Waals surface area contributed by atoms with Crippen molar-refractivity contribution in [2.75, 3.05) is 20.1 Å². The van der Waals surface area contributed by atoms with Crippen molar-refractivity contribution in [1.29, 1.82) is 0 Å². The molecule has 19 heavy (non-hydrogen) atoms. The minimum atomic E-state index is -3.42. The standard InChI is InChI=1S/C14H20N2O2S/c1-3-4-11-16(2)19(17,18)14-9-5-7-13(12-14)8-6-10-15/h5,7,9,12H,3-4,10-11,15H2,1-2H3. The van der Waals surface area contributed by atoms with Crippen LogP contribution < -0.4 is 5.73 Å². The first-order valence-corrected chi connectivity index (χ1v) is 7.71. The first-order chi connectivity index (χ1) is 9.02. The molecule has 5 heteroatoms. The predicted molar refractivity (Wildman–Crippen MR) is 77.1 cm³/mol. The number of nitrogens with two attached hydrogens (primary N) is 1. The normalized spacial score (nSPS) is 11.2. The van der Waals surface area contributed by atoms with Gasteiger partial charge >= 0.3 is 0 Å². The second-order valence-corrected chi connectivity index (χ2v) is 6.26. The zero-order valence-electron chi connectivity index (χ0n) is 11.4. The van der Waals surface area contributed by atoms with Crippen LogP contribution in [0.4, 0.5) is 0 Å². The maximum Gasteiger partial charge on any atom is 0.242 e. The van der Waals surface area contributed by atoms with Gasteiger partial charge in [0.15, 0.2) is 0 Å². The van der Waals surface area contributed by atoms with Gasteiger partial charge in [-0.1, -0.05) is 31.3 Å². The van der Waals surface area contributed by atoms with Crippen molar-refractivity contribution in [3.05, 3.63) is 29.8 Å². The minimum absolute atomic E-state index is 0.257. The summed E-state index contributed by atoms with van der Waals surface area (Å²) in [5.74, 6) is 5.56. The lowest BCUT2D eigenvalue weighted by atomic mass is 10.2. The number of hydrogen-bond donors (Lipinski definition) is 1. The molecule has 0 heterocycles. The average molecular weight is 280 g/mol. The van der Waals surface area contributed by atoms with Gasteiger partial charge in [0, 0.05) is 19.2 Å². The summed E-state index contributed by atoms with van der Waals surface area (Å²) < 4.78 is 26.0. The first-order valence-electron chi connectivity index (χ1n) is 6.27. The molecule has 2 N–H and O–H groups in total. The van der Waals surface area contributed by atoms with E-state index in [0.717, 1.165) is 12.8 Å². The molecule has 0 amide bonds. The summed E-state index contributed by atoms with van der Waals surface area (Å²) in [6.45, 7) is 2.81. The molecule has 0 spiro atoms. The van der Waals surface area contributed by atoms with Crippen LogP contribution >= 0.6 is 0 Å². The number of nitrogens with zero attached hydrogens (tertiary/aromatic N) is 1. The van der Waals surface area contributed by atoms with Gasteiger partial charge < -0.3 is 5.73 Å². The summed E-state index contributed by atoms with van der Waals surface area (Å²) >= 11 is 0. The van der Waals surface area contributed by atoms with Gasteiger partial charge in [0.25, 0.3) is 0 Å². The van der Waals surface area contributed by atoms with Gasteiger partial charge in [-0.2, -0.15) is 0 Å². The quantitative estimate of drug-likeness (QED) is 0.830. The number of unbranched alkanes of at least 4 members (excludes halogenated alkanes) is 1. The van der Waals surface area contributed by atoms with Gasteiger partial charge in [0.2, 0.25) is 10.0 Å². The van der Waals surface area contributed by atoms with E-state index in [-0.39, 0.29) is 11.4 Å². The van der Waals surface area contributed by atoms with Crippen LogP contribution in [0.3, 0.4) is 0 Å². The fourth-order valence-electron chi connectivity index (χ4n) is 1.57. The van der Waals surface area contributed by atoms with Crippen molar-refractivity contribution in [2.45, 2.75) is 24.7 Å². The molecule has 0 radical (unpaired) electrons. The van der Waals surface area contributed by atoms with E-state index in [9.17, 15) is 8.42 Å². The van der Waals surface area contributed by atoms with Crippen molar-refractivity contribution >= 4 is 10.0 Å². The maximum absolute atomic E-state index is 12.3. The molecule has 0 aliphatic heterocycles. The van der Waals surface area contributed by atoms with Crippen LogP contribution in [0.25, 0.3) is 0 Å². The topological polar surface area (TPSA) is 63.4 Å². The Morgan fingerprint density at radius 3 is 2.74 bits per heavy atom. The lowest BCUT2D eigenvalue weighted by Crippen LogP contribution is -2.27. The highest BCUT2D eigenvalue weighted by Gasteiger charge is 2.19. The third-order valence-electron chi connectivity index (χ3n) is 2.70. The Bertz CT molecular complexity index is 571. The van der Waals surface area contributed by atoms with Crippen molar-refractivity contribution in [3.63, 3.8) is 0 Å². The van der Waals surface area contributed by atoms with E-state index in [1.54, 1.807) is 31.3 Å². The Labute approximate surface area is 115 Å². The van der Waals surface area contributed by atoms with E-state index in [0.29, 0.717) is 12.1 Å². The molecule has 4 nitrogen and oxygen atoms in total. The molecule has 0 bridgehead atoms. The molecule has 0 aliphatic rings. The second kappa shape index (κ2) is 7.29. The van der Waals surface area contributed by atoms with Crippen LogP contribution in [0, 0.1) is 11.8 Å². The Morgan fingerprint density at radius 2 is 2.11 bits per heavy atom. The van der Waals surface area contributed by atoms with E-state index >= 15 is 0 Å². The fraction of sp³-hybridized carbons (Fsp3) is 0.429. The second-order valence-electron chi connectivity index (χ2n) is 4.21. The zero-order chi connectivity index (χ0) is 14.3. The Hall–Kier alpha value is -1.35. The molecule has 0 aromatic heterocycles. The van der Waals surface area contributed by atoms with E-state index in [2.05, 4.69) is 11.8 Å². The van der Waals surface area contributed by atoms with E-state index in [1.165, 1.54) is 4.31 Å². The summed E-state index contributed by atoms with van der Waals surface area (Å²) in [7, 11) is -1.82. The summed E-state index contributed by atoms with van der Waals surface area (Å²) in [5, 5.41) is 0. The van der Waals surface area contributed by atoms with Crippen LogP contribution in [-0.2, 0) is 10.0 Å². The smallest absolute Gasteiger partial charge is 0.242 e. The molecule has 0 atom stereocenters. The molecule has 0 saturated carbocycles. The first kappa shape index (κ1) is 15.7. The lowest BCUT2D eigenvalue weighted by Gasteiger charge is -2.16. The maximum atomic E-state index is 12.3. The van der Waals surface area contributed by atoms with Crippen molar-refractivity contribution in [3.8, 4) is 11.8 Å². The summed E-state index contributed by atoms with van der Waals surface area (Å²) in [6.07, 6.45) is 1.81. The van der Waals surface area contributed by atoms with Gasteiger partial charge in [0.1, 0.15) is 0 Å². The summed E-state index contributed by atoms with van der Waals surface area (Å²) in [4.78, 5) is 0.273. The van der Waals surface area contributed by atoms with E-state index < -0.39 is 10.0 Å². The van der Waals surface area contributed by atoms with Crippen LogP contribution in [0.1, 0.15) is 25.3 Å². The predicted octanol–water partition coefficient (Wildman–Crippen LogP) is 1.42. The number of hydrogen-bond acceptors (Lipinski definition) is 3. The van der Waals surface area contributed by atoms with E-state index in [1.807, 2.05) is 6.92 Å². The highest BCUT2D eigenvalue weighted by Crippen LogP contribution is 2.16. The average Bonchev–Trinajstić information content (AvgIpc) is 2.42. The molecular formula is C14H20N2O2S. The molecule has 0 fully saturated rings. The Balaban J connectivity index is 3.01. The molecule has 0 saturated heterocycles. The number of rotatable bonds is 5. The fourth-order valence-corrected chi connectivity index (χ4v) is 2.82. The van der Waals surface area contributed by atoms with Crippen molar-refractivity contribution in [2.24, 2.45) is 5.73 Å². The molecule has 0 unspecified atom stereocenters. The third-order valence-corrected chi connectivity index (χ3v) is 4.56. The Kier molecular flexibility index (Phi) is 6.03. The minimum Gasteiger partial charge on any atom is -0.320 e. The van der Waals surface area contributed by atoms with Gasteiger partial charge in [-0.05, 0) is 24.6 Å². The zero-order valence-corrected chi connectivity index (χ0v) is 12.2. The molecule has 1 aromatic carbocycles. The lowest BCUT2D eigenvalue weighted by molar-refractivity contribution is 0.459. The van der Waals surface area contributed by atoms with Crippen LogP contribution in [0.5, 0.6) is 0 Å². The van der Waals surface area contributed by atoms with Crippen molar-refractivity contribution in [1.82, 2.24) is 4.31 Å². The molecule has 1 rings (SSSR count). The van der Waals surface area contributed by atoms with Gasteiger partial charge in [-0.3, -0.25) is 0 Å². The molecule has 104 valence electrons. The van der Waals surface area contributed by atoms with Gasteiger partial charge in [-0.15, -0.1) is 0 Å². The van der Waals surface area contributed by atoms with Gasteiger partial charge in [-0.25, -0.2) is 12.7 Å². The highest BCUT2D eigenvalue weighted by atomic mass is 32.2. The third kappa shape index (κ3) is 4.35. The molecular weight excluding hydrogens is 260 g/mol. The summed E-state index contributed by atoms with van der Waals surface area (Å²) in [5.41, 5.74) is 5.97. The van der Waals surface area contributed by atoms with Gasteiger partial charge in [0.05, 0.1) is 11.4 Å². The van der Waals surface area contributed by atoms with Crippen LogP contribution in [0.15, 0.2) is 29.2 Å². The van der Waals surface area contributed by atoms with Crippen LogP contribution in [0.2, 0.25) is 0 Å². The highest BCUT2D eigenvalue weighted by molar-refractivity contribution is 7.89. The van der Waals surface area contributed by atoms with Crippen molar-refractivity contribution < 1.29 is 8.42 Å². The SMILES string of the molecule is CCCCN(C)S(=O)(=O)c1cccc(C#CCN)c1. The van der Waals surface area contributed by atoms with Crippen LogP contribution in [-0.4, -0.2) is 32.9 Å². The number of benzene rings is 1. The number of sulfonamides is 1. The largest absolute Gasteiger partial charge is 0.320 e.